The van der Waals surface area contributed by atoms with Crippen molar-refractivity contribution in [3.63, 3.8) is 0 Å². The Kier molecular flexibility index (Phi) is 3.21. The van der Waals surface area contributed by atoms with Crippen molar-refractivity contribution in [2.75, 3.05) is 26.2 Å². The summed E-state index contributed by atoms with van der Waals surface area (Å²) in [4.78, 5) is 2.67. The summed E-state index contributed by atoms with van der Waals surface area (Å²) >= 11 is 0. The van der Waals surface area contributed by atoms with Crippen LogP contribution in [-0.2, 0) is 0 Å². The minimum atomic E-state index is 0.382. The highest BCUT2D eigenvalue weighted by Crippen LogP contribution is 2.48. The molecule has 0 spiro atoms. The van der Waals surface area contributed by atoms with Crippen LogP contribution in [0.25, 0.3) is 0 Å². The van der Waals surface area contributed by atoms with E-state index in [0.29, 0.717) is 6.61 Å². The van der Waals surface area contributed by atoms with Crippen molar-refractivity contribution in [3.05, 3.63) is 0 Å². The molecule has 1 heterocycles. The zero-order valence-corrected chi connectivity index (χ0v) is 10.3. The zero-order valence-electron chi connectivity index (χ0n) is 10.3. The third-order valence-corrected chi connectivity index (χ3v) is 5.28. The molecule has 1 saturated heterocycles. The lowest BCUT2D eigenvalue weighted by Crippen LogP contribution is -2.30. The van der Waals surface area contributed by atoms with Crippen molar-refractivity contribution in [1.82, 2.24) is 4.90 Å². The summed E-state index contributed by atoms with van der Waals surface area (Å²) in [5.41, 5.74) is 0. The molecule has 4 atom stereocenters. The van der Waals surface area contributed by atoms with Gasteiger partial charge in [0.2, 0.25) is 0 Å². The Morgan fingerprint density at radius 2 is 2.06 bits per heavy atom. The molecule has 3 aliphatic rings. The van der Waals surface area contributed by atoms with Crippen LogP contribution in [0.1, 0.15) is 38.5 Å². The maximum absolute atomic E-state index is 8.96. The van der Waals surface area contributed by atoms with Crippen molar-refractivity contribution >= 4 is 0 Å². The van der Waals surface area contributed by atoms with E-state index in [0.717, 1.165) is 30.1 Å². The fraction of sp³-hybridized carbons (Fsp3) is 1.00. The summed E-state index contributed by atoms with van der Waals surface area (Å²) in [5.74, 6) is 3.96. The summed E-state index contributed by atoms with van der Waals surface area (Å²) in [7, 11) is 0. The molecule has 4 unspecified atom stereocenters. The Hall–Kier alpha value is -0.0800. The van der Waals surface area contributed by atoms with E-state index in [2.05, 4.69) is 4.90 Å². The van der Waals surface area contributed by atoms with Gasteiger partial charge >= 0.3 is 0 Å². The number of nitrogens with zero attached hydrogens (tertiary/aromatic N) is 1. The SMILES string of the molecule is OCCC1CCN(CC2CC3CCC2C3)C1. The molecule has 2 bridgehead atoms. The second-order valence-corrected chi connectivity index (χ2v) is 6.36. The molecule has 3 fully saturated rings. The fourth-order valence-corrected chi connectivity index (χ4v) is 4.43. The number of aliphatic hydroxyl groups excluding tert-OH is 1. The van der Waals surface area contributed by atoms with Gasteiger partial charge < -0.3 is 10.0 Å². The Labute approximate surface area is 99.0 Å². The molecule has 0 radical (unpaired) electrons. The molecule has 0 aromatic carbocycles. The Morgan fingerprint density at radius 1 is 1.12 bits per heavy atom. The maximum Gasteiger partial charge on any atom is 0.0434 e. The van der Waals surface area contributed by atoms with Gasteiger partial charge in [-0.15, -0.1) is 0 Å². The van der Waals surface area contributed by atoms with Gasteiger partial charge in [0.05, 0.1) is 0 Å². The van der Waals surface area contributed by atoms with Crippen molar-refractivity contribution in [3.8, 4) is 0 Å². The van der Waals surface area contributed by atoms with Crippen LogP contribution in [0, 0.1) is 23.7 Å². The summed E-state index contributed by atoms with van der Waals surface area (Å²) in [6, 6.07) is 0. The number of hydrogen-bond acceptors (Lipinski definition) is 2. The third kappa shape index (κ3) is 2.14. The van der Waals surface area contributed by atoms with Gasteiger partial charge in [-0.25, -0.2) is 0 Å². The highest BCUT2D eigenvalue weighted by molar-refractivity contribution is 4.92. The van der Waals surface area contributed by atoms with Gasteiger partial charge in [-0.05, 0) is 62.3 Å². The molecular weight excluding hydrogens is 198 g/mol. The highest BCUT2D eigenvalue weighted by atomic mass is 16.3. The molecule has 1 N–H and O–H groups in total. The van der Waals surface area contributed by atoms with Gasteiger partial charge in [0, 0.05) is 19.7 Å². The van der Waals surface area contributed by atoms with Crippen LogP contribution in [0.15, 0.2) is 0 Å². The topological polar surface area (TPSA) is 23.5 Å². The van der Waals surface area contributed by atoms with Crippen LogP contribution in [0.5, 0.6) is 0 Å². The van der Waals surface area contributed by atoms with Crippen LogP contribution >= 0.6 is 0 Å². The van der Waals surface area contributed by atoms with Crippen molar-refractivity contribution in [2.24, 2.45) is 23.7 Å². The van der Waals surface area contributed by atoms with E-state index in [1.165, 1.54) is 45.3 Å². The summed E-state index contributed by atoms with van der Waals surface area (Å²) < 4.78 is 0. The third-order valence-electron chi connectivity index (χ3n) is 5.28. The van der Waals surface area contributed by atoms with Gasteiger partial charge in [-0.2, -0.15) is 0 Å². The highest BCUT2D eigenvalue weighted by Gasteiger charge is 2.40. The second kappa shape index (κ2) is 4.66. The van der Waals surface area contributed by atoms with Gasteiger partial charge in [0.1, 0.15) is 0 Å². The molecule has 2 nitrogen and oxygen atoms in total. The van der Waals surface area contributed by atoms with Crippen LogP contribution in [0.3, 0.4) is 0 Å². The Morgan fingerprint density at radius 3 is 2.75 bits per heavy atom. The molecular formula is C14H25NO. The largest absolute Gasteiger partial charge is 0.396 e. The molecule has 2 heteroatoms. The average molecular weight is 223 g/mol. The predicted molar refractivity (Wildman–Crippen MR) is 65.2 cm³/mol. The van der Waals surface area contributed by atoms with E-state index in [9.17, 15) is 0 Å². The second-order valence-electron chi connectivity index (χ2n) is 6.36. The van der Waals surface area contributed by atoms with E-state index in [1.807, 2.05) is 0 Å². The number of hydrogen-bond donors (Lipinski definition) is 1. The molecule has 0 amide bonds. The van der Waals surface area contributed by atoms with Gasteiger partial charge in [-0.3, -0.25) is 0 Å². The normalized spacial score (nSPS) is 43.3. The van der Waals surface area contributed by atoms with Crippen LogP contribution in [0.4, 0.5) is 0 Å². The first-order valence-corrected chi connectivity index (χ1v) is 7.18. The van der Waals surface area contributed by atoms with Crippen LogP contribution < -0.4 is 0 Å². The molecule has 3 rings (SSSR count). The monoisotopic (exact) mass is 223 g/mol. The molecule has 2 aliphatic carbocycles. The van der Waals surface area contributed by atoms with E-state index >= 15 is 0 Å². The van der Waals surface area contributed by atoms with E-state index < -0.39 is 0 Å². The first-order valence-electron chi connectivity index (χ1n) is 7.18. The number of likely N-dealkylation sites (tertiary alicyclic amines) is 1. The predicted octanol–water partition coefficient (Wildman–Crippen LogP) is 2.13. The van der Waals surface area contributed by atoms with Gasteiger partial charge in [0.25, 0.3) is 0 Å². The number of aliphatic hydroxyl groups is 1. The summed E-state index contributed by atoms with van der Waals surface area (Å²) in [6.07, 6.45) is 8.44. The summed E-state index contributed by atoms with van der Waals surface area (Å²) in [6.45, 7) is 4.29. The van der Waals surface area contributed by atoms with E-state index in [4.69, 9.17) is 5.11 Å². The van der Waals surface area contributed by atoms with Crippen LogP contribution in [-0.4, -0.2) is 36.2 Å². The fourth-order valence-electron chi connectivity index (χ4n) is 4.43. The lowest BCUT2D eigenvalue weighted by atomic mass is 9.88. The maximum atomic E-state index is 8.96. The van der Waals surface area contributed by atoms with Crippen molar-refractivity contribution in [1.29, 1.82) is 0 Å². The average Bonchev–Trinajstić information content (AvgIpc) is 2.95. The molecule has 0 aromatic rings. The van der Waals surface area contributed by atoms with Crippen molar-refractivity contribution in [2.45, 2.75) is 38.5 Å². The minimum Gasteiger partial charge on any atom is -0.396 e. The minimum absolute atomic E-state index is 0.382. The standard InChI is InChI=1S/C14H25NO/c16-6-4-11-3-5-15(9-11)10-14-8-12-1-2-13(14)7-12/h11-14,16H,1-10H2. The zero-order chi connectivity index (χ0) is 11.0. The molecule has 2 saturated carbocycles. The number of fused-ring (bicyclic) bond motifs is 2. The Balaban J connectivity index is 1.46. The lowest BCUT2D eigenvalue weighted by Gasteiger charge is -2.27. The number of rotatable bonds is 4. The lowest BCUT2D eigenvalue weighted by molar-refractivity contribution is 0.207. The summed E-state index contributed by atoms with van der Waals surface area (Å²) in [5, 5.41) is 8.96. The van der Waals surface area contributed by atoms with Gasteiger partial charge in [0.15, 0.2) is 0 Å². The molecule has 16 heavy (non-hydrogen) atoms. The molecule has 92 valence electrons. The Bertz CT molecular complexity index is 243. The first-order chi connectivity index (χ1) is 7.85. The smallest absolute Gasteiger partial charge is 0.0434 e. The molecule has 1 aliphatic heterocycles. The van der Waals surface area contributed by atoms with E-state index in [1.54, 1.807) is 6.42 Å². The van der Waals surface area contributed by atoms with Crippen LogP contribution in [0.2, 0.25) is 0 Å². The quantitative estimate of drug-likeness (QED) is 0.789. The van der Waals surface area contributed by atoms with Crippen molar-refractivity contribution < 1.29 is 5.11 Å². The molecule has 0 aromatic heterocycles. The first kappa shape index (κ1) is 11.0. The van der Waals surface area contributed by atoms with E-state index in [-0.39, 0.29) is 0 Å². The van der Waals surface area contributed by atoms with Gasteiger partial charge in [-0.1, -0.05) is 6.42 Å².